The molecule has 0 spiro atoms. The van der Waals surface area contributed by atoms with Crippen LogP contribution in [0.4, 0.5) is 4.79 Å². The number of ether oxygens (including phenoxy) is 1. The Kier molecular flexibility index (Phi) is 10.3. The molecule has 2 N–H and O–H groups in total. The molecule has 2 aromatic carbocycles. The number of carbonyl (C=O) groups is 4. The van der Waals surface area contributed by atoms with Gasteiger partial charge in [0.1, 0.15) is 11.8 Å². The predicted molar refractivity (Wildman–Crippen MR) is 144 cm³/mol. The predicted octanol–water partition coefficient (Wildman–Crippen LogP) is 4.05. The number of halogens is 1. The van der Waals surface area contributed by atoms with Crippen LogP contribution < -0.4 is 15.4 Å². The maximum atomic E-state index is 12.8. The van der Waals surface area contributed by atoms with Crippen molar-refractivity contribution in [1.29, 1.82) is 0 Å². The molecule has 0 saturated carbocycles. The molecule has 1 atom stereocenters. The molecule has 1 unspecified atom stereocenters. The van der Waals surface area contributed by atoms with E-state index in [1.807, 2.05) is 6.26 Å². The molecule has 36 heavy (non-hydrogen) atoms. The van der Waals surface area contributed by atoms with Crippen molar-refractivity contribution in [2.45, 2.75) is 12.5 Å². The van der Waals surface area contributed by atoms with E-state index < -0.39 is 29.0 Å². The van der Waals surface area contributed by atoms with Crippen LogP contribution in [0.25, 0.3) is 6.08 Å². The number of hydrogen-bond donors (Lipinski definition) is 2. The second-order valence-corrected chi connectivity index (χ2v) is 10.1. The molecule has 0 aliphatic carbocycles. The van der Waals surface area contributed by atoms with Gasteiger partial charge in [-0.1, -0.05) is 35.9 Å². The average Bonchev–Trinajstić information content (AvgIpc) is 3.14. The van der Waals surface area contributed by atoms with E-state index in [2.05, 4.69) is 10.6 Å². The van der Waals surface area contributed by atoms with Gasteiger partial charge in [0, 0.05) is 13.1 Å². The highest BCUT2D eigenvalue weighted by atomic mass is 35.5. The van der Waals surface area contributed by atoms with E-state index >= 15 is 0 Å². The molecule has 3 rings (SSSR count). The third-order valence-corrected chi connectivity index (χ3v) is 7.15. The summed E-state index contributed by atoms with van der Waals surface area (Å²) in [4.78, 5) is 52.0. The van der Waals surface area contributed by atoms with Crippen LogP contribution in [0.15, 0.2) is 53.4 Å². The lowest BCUT2D eigenvalue weighted by Crippen LogP contribution is -2.48. The van der Waals surface area contributed by atoms with E-state index in [-0.39, 0.29) is 18.7 Å². The third kappa shape index (κ3) is 7.28. The van der Waals surface area contributed by atoms with E-state index in [0.717, 1.165) is 22.2 Å². The standard InChI is InChI=1S/C25H26ClN3O5S2/c1-34-17-9-7-16(8-10-17)15-21-24(32)29(25(33)36-21)13-12-27-23(31)20(11-14-35-2)28-22(30)18-5-3-4-6-19(18)26/h3-10,15,20H,11-14H2,1-2H3,(H,27,31)(H,28,30). The molecule has 1 heterocycles. The topological polar surface area (TPSA) is 105 Å². The van der Waals surface area contributed by atoms with Gasteiger partial charge in [0.25, 0.3) is 17.1 Å². The van der Waals surface area contributed by atoms with Crippen LogP contribution >= 0.6 is 35.1 Å². The number of thioether (sulfide) groups is 2. The number of amides is 4. The Bertz CT molecular complexity index is 1160. The van der Waals surface area contributed by atoms with E-state index in [1.165, 1.54) is 0 Å². The number of benzene rings is 2. The summed E-state index contributed by atoms with van der Waals surface area (Å²) < 4.78 is 5.13. The van der Waals surface area contributed by atoms with E-state index in [0.29, 0.717) is 27.9 Å². The largest absolute Gasteiger partial charge is 0.497 e. The van der Waals surface area contributed by atoms with Gasteiger partial charge < -0.3 is 15.4 Å². The first-order valence-electron chi connectivity index (χ1n) is 11.1. The highest BCUT2D eigenvalue weighted by molar-refractivity contribution is 8.18. The first-order chi connectivity index (χ1) is 17.3. The average molecular weight is 548 g/mol. The molecule has 8 nitrogen and oxygen atoms in total. The number of nitrogens with one attached hydrogen (secondary N) is 2. The highest BCUT2D eigenvalue weighted by Gasteiger charge is 2.35. The summed E-state index contributed by atoms with van der Waals surface area (Å²) in [5.41, 5.74) is 1.04. The van der Waals surface area contributed by atoms with Gasteiger partial charge in [0.15, 0.2) is 0 Å². The van der Waals surface area contributed by atoms with Crippen molar-refractivity contribution in [3.8, 4) is 5.75 Å². The molecule has 2 aromatic rings. The lowest BCUT2D eigenvalue weighted by atomic mass is 10.1. The molecule has 1 saturated heterocycles. The van der Waals surface area contributed by atoms with Crippen molar-refractivity contribution in [3.63, 3.8) is 0 Å². The van der Waals surface area contributed by atoms with Gasteiger partial charge in [0.2, 0.25) is 5.91 Å². The summed E-state index contributed by atoms with van der Waals surface area (Å²) in [5.74, 6) is 0.0812. The molecule has 11 heteroatoms. The van der Waals surface area contributed by atoms with Crippen LogP contribution in [0.1, 0.15) is 22.3 Å². The minimum Gasteiger partial charge on any atom is -0.497 e. The summed E-state index contributed by atoms with van der Waals surface area (Å²) in [7, 11) is 1.57. The van der Waals surface area contributed by atoms with Crippen molar-refractivity contribution >= 4 is 64.2 Å². The zero-order chi connectivity index (χ0) is 26.1. The first kappa shape index (κ1) is 27.6. The van der Waals surface area contributed by atoms with E-state index in [4.69, 9.17) is 16.3 Å². The highest BCUT2D eigenvalue weighted by Crippen LogP contribution is 2.32. The van der Waals surface area contributed by atoms with Gasteiger partial charge in [-0.25, -0.2) is 0 Å². The van der Waals surface area contributed by atoms with Gasteiger partial charge in [-0.3, -0.25) is 24.1 Å². The fraction of sp³-hybridized carbons (Fsp3) is 0.280. The second-order valence-electron chi connectivity index (χ2n) is 7.68. The second kappa shape index (κ2) is 13.4. The molecule has 1 aliphatic heterocycles. The fourth-order valence-corrected chi connectivity index (χ4v) is 4.90. The van der Waals surface area contributed by atoms with Crippen molar-refractivity contribution in [3.05, 3.63) is 69.6 Å². The van der Waals surface area contributed by atoms with Gasteiger partial charge in [-0.15, -0.1) is 0 Å². The van der Waals surface area contributed by atoms with Gasteiger partial charge >= 0.3 is 0 Å². The third-order valence-electron chi connectivity index (χ3n) is 5.27. The maximum Gasteiger partial charge on any atom is 0.293 e. The zero-order valence-corrected chi connectivity index (χ0v) is 22.2. The monoisotopic (exact) mass is 547 g/mol. The molecule has 190 valence electrons. The molecule has 0 aromatic heterocycles. The Morgan fingerprint density at radius 1 is 1.17 bits per heavy atom. The number of hydrogen-bond acceptors (Lipinski definition) is 7. The van der Waals surface area contributed by atoms with Gasteiger partial charge in [0.05, 0.1) is 22.6 Å². The minimum atomic E-state index is -0.786. The minimum absolute atomic E-state index is 0.0179. The lowest BCUT2D eigenvalue weighted by molar-refractivity contribution is -0.125. The van der Waals surface area contributed by atoms with Crippen LogP contribution in [0.5, 0.6) is 5.75 Å². The maximum absolute atomic E-state index is 12.8. The molecule has 1 fully saturated rings. The Morgan fingerprint density at radius 3 is 2.56 bits per heavy atom. The number of nitrogens with zero attached hydrogens (tertiary/aromatic N) is 1. The molecule has 0 radical (unpaired) electrons. The van der Waals surface area contributed by atoms with Gasteiger partial charge in [-0.05, 0) is 66.1 Å². The van der Waals surface area contributed by atoms with Crippen molar-refractivity contribution in [1.82, 2.24) is 15.5 Å². The summed E-state index contributed by atoms with van der Waals surface area (Å²) in [6.45, 7) is 0.0779. The Morgan fingerprint density at radius 2 is 1.89 bits per heavy atom. The number of rotatable bonds is 11. The first-order valence-corrected chi connectivity index (χ1v) is 13.6. The Labute approximate surface area is 223 Å². The number of carbonyl (C=O) groups excluding carboxylic acids is 4. The molecular weight excluding hydrogens is 522 g/mol. The van der Waals surface area contributed by atoms with Crippen molar-refractivity contribution < 1.29 is 23.9 Å². The normalized spacial score (nSPS) is 15.2. The van der Waals surface area contributed by atoms with Crippen molar-refractivity contribution in [2.75, 3.05) is 32.2 Å². The Hall–Kier alpha value is -2.95. The summed E-state index contributed by atoms with van der Waals surface area (Å²) in [6, 6.07) is 12.9. The number of methoxy groups -OCH3 is 1. The van der Waals surface area contributed by atoms with Crippen LogP contribution in [-0.4, -0.2) is 66.1 Å². The van der Waals surface area contributed by atoms with Crippen LogP contribution in [-0.2, 0) is 9.59 Å². The van der Waals surface area contributed by atoms with Crippen LogP contribution in [0.2, 0.25) is 5.02 Å². The zero-order valence-electron chi connectivity index (χ0n) is 19.8. The van der Waals surface area contributed by atoms with E-state index in [1.54, 1.807) is 73.5 Å². The molecule has 4 amide bonds. The summed E-state index contributed by atoms with van der Waals surface area (Å²) >= 11 is 8.50. The smallest absolute Gasteiger partial charge is 0.293 e. The summed E-state index contributed by atoms with van der Waals surface area (Å²) in [5, 5.41) is 5.34. The van der Waals surface area contributed by atoms with Crippen LogP contribution in [0, 0.1) is 0 Å². The van der Waals surface area contributed by atoms with E-state index in [9.17, 15) is 19.2 Å². The molecular formula is C25H26ClN3O5S2. The SMILES string of the molecule is COc1ccc(C=C2SC(=O)N(CCNC(=O)C(CCSC)NC(=O)c3ccccc3Cl)C2=O)cc1. The quantitative estimate of drug-likeness (QED) is 0.409. The molecule has 1 aliphatic rings. The van der Waals surface area contributed by atoms with Crippen molar-refractivity contribution in [2.24, 2.45) is 0 Å². The molecule has 0 bridgehead atoms. The van der Waals surface area contributed by atoms with Crippen LogP contribution in [0.3, 0.4) is 0 Å². The lowest BCUT2D eigenvalue weighted by Gasteiger charge is -2.19. The Balaban J connectivity index is 1.57. The van der Waals surface area contributed by atoms with Gasteiger partial charge in [-0.2, -0.15) is 11.8 Å². The number of imide groups is 1. The summed E-state index contributed by atoms with van der Waals surface area (Å²) in [6.07, 6.45) is 3.96. The fourth-order valence-electron chi connectivity index (χ4n) is 3.34.